The van der Waals surface area contributed by atoms with Gasteiger partial charge >= 0.3 is 12.1 Å². The molecule has 1 unspecified atom stereocenters. The molecule has 0 saturated carbocycles. The highest BCUT2D eigenvalue weighted by molar-refractivity contribution is 5.81. The van der Waals surface area contributed by atoms with Crippen LogP contribution in [0.4, 0.5) is 4.79 Å². The molecule has 0 heterocycles. The van der Waals surface area contributed by atoms with Crippen LogP contribution in [-0.4, -0.2) is 36.4 Å². The van der Waals surface area contributed by atoms with Crippen LogP contribution in [0.3, 0.4) is 0 Å². The SMILES string of the molecule is CCOc1ccc(CC(NC(=O)OCC2c3ccccc3-c3ccccc32)C(=O)O)cc1. The van der Waals surface area contributed by atoms with Crippen LogP contribution in [0.5, 0.6) is 5.75 Å². The van der Waals surface area contributed by atoms with Crippen molar-refractivity contribution in [3.05, 3.63) is 89.5 Å². The summed E-state index contributed by atoms with van der Waals surface area (Å²) in [6, 6.07) is 22.2. The lowest BCUT2D eigenvalue weighted by atomic mass is 9.98. The fourth-order valence-corrected chi connectivity index (χ4v) is 4.11. The van der Waals surface area contributed by atoms with Gasteiger partial charge < -0.3 is 19.9 Å². The van der Waals surface area contributed by atoms with Gasteiger partial charge in [0.05, 0.1) is 6.61 Å². The number of fused-ring (bicyclic) bond motifs is 3. The topological polar surface area (TPSA) is 84.9 Å². The second-order valence-electron chi connectivity index (χ2n) is 7.64. The fraction of sp³-hybridized carbons (Fsp3) is 0.231. The van der Waals surface area contributed by atoms with Crippen molar-refractivity contribution < 1.29 is 24.2 Å². The predicted octanol–water partition coefficient (Wildman–Crippen LogP) is 4.62. The van der Waals surface area contributed by atoms with Crippen LogP contribution in [-0.2, 0) is 16.0 Å². The molecule has 1 aliphatic rings. The third kappa shape index (κ3) is 4.59. The Balaban J connectivity index is 1.40. The molecule has 0 aliphatic heterocycles. The number of carbonyl (C=O) groups excluding carboxylic acids is 1. The van der Waals surface area contributed by atoms with Gasteiger partial charge in [-0.2, -0.15) is 0 Å². The highest BCUT2D eigenvalue weighted by Gasteiger charge is 2.29. The van der Waals surface area contributed by atoms with Gasteiger partial charge in [0, 0.05) is 12.3 Å². The Morgan fingerprint density at radius 3 is 2.09 bits per heavy atom. The Kier molecular flexibility index (Phi) is 6.40. The zero-order chi connectivity index (χ0) is 22.5. The van der Waals surface area contributed by atoms with Crippen molar-refractivity contribution in [2.24, 2.45) is 0 Å². The molecule has 1 aliphatic carbocycles. The maximum atomic E-state index is 12.5. The molecule has 1 atom stereocenters. The van der Waals surface area contributed by atoms with Crippen molar-refractivity contribution in [1.82, 2.24) is 5.32 Å². The van der Waals surface area contributed by atoms with E-state index < -0.39 is 18.1 Å². The summed E-state index contributed by atoms with van der Waals surface area (Å²) in [7, 11) is 0. The molecule has 1 amide bonds. The van der Waals surface area contributed by atoms with Crippen molar-refractivity contribution in [2.75, 3.05) is 13.2 Å². The number of nitrogens with one attached hydrogen (secondary N) is 1. The van der Waals surface area contributed by atoms with E-state index in [2.05, 4.69) is 17.4 Å². The minimum atomic E-state index is -1.12. The number of carboxylic acids is 1. The first kappa shape index (κ1) is 21.4. The summed E-state index contributed by atoms with van der Waals surface area (Å²) < 4.78 is 10.9. The zero-order valence-corrected chi connectivity index (χ0v) is 17.8. The standard InChI is InChI=1S/C26H25NO5/c1-2-31-18-13-11-17(12-14-18)15-24(25(28)29)27-26(30)32-16-23-21-9-5-3-7-19(21)20-8-4-6-10-22(20)23/h3-14,23-24H,2,15-16H2,1H3,(H,27,30)(H,28,29). The van der Waals surface area contributed by atoms with Gasteiger partial charge in [-0.25, -0.2) is 9.59 Å². The van der Waals surface area contributed by atoms with Crippen LogP contribution < -0.4 is 10.1 Å². The van der Waals surface area contributed by atoms with Crippen molar-refractivity contribution in [3.63, 3.8) is 0 Å². The van der Waals surface area contributed by atoms with Gasteiger partial charge in [0.2, 0.25) is 0 Å². The molecule has 0 spiro atoms. The summed E-state index contributed by atoms with van der Waals surface area (Å²) in [6.07, 6.45) is -0.600. The highest BCUT2D eigenvalue weighted by Crippen LogP contribution is 2.44. The quantitative estimate of drug-likeness (QED) is 0.544. The number of hydrogen-bond acceptors (Lipinski definition) is 4. The largest absolute Gasteiger partial charge is 0.494 e. The predicted molar refractivity (Wildman–Crippen MR) is 121 cm³/mol. The first-order valence-corrected chi connectivity index (χ1v) is 10.6. The molecule has 6 nitrogen and oxygen atoms in total. The molecule has 4 rings (SSSR count). The van der Waals surface area contributed by atoms with E-state index in [0.717, 1.165) is 27.8 Å². The van der Waals surface area contributed by atoms with Crippen LogP contribution in [0.15, 0.2) is 72.8 Å². The Hall–Kier alpha value is -3.80. The van der Waals surface area contributed by atoms with Gasteiger partial charge in [0.15, 0.2) is 0 Å². The van der Waals surface area contributed by atoms with Gasteiger partial charge in [0.25, 0.3) is 0 Å². The van der Waals surface area contributed by atoms with Gasteiger partial charge in [-0.05, 0) is 46.9 Å². The van der Waals surface area contributed by atoms with Gasteiger partial charge in [0.1, 0.15) is 18.4 Å². The molecule has 3 aromatic rings. The number of benzene rings is 3. The minimum absolute atomic E-state index is 0.0810. The summed E-state index contributed by atoms with van der Waals surface area (Å²) in [5.74, 6) is -0.484. The summed E-state index contributed by atoms with van der Waals surface area (Å²) >= 11 is 0. The first-order valence-electron chi connectivity index (χ1n) is 10.6. The van der Waals surface area contributed by atoms with Crippen molar-refractivity contribution in [3.8, 4) is 16.9 Å². The summed E-state index contributed by atoms with van der Waals surface area (Å²) in [5.41, 5.74) is 5.25. The highest BCUT2D eigenvalue weighted by atomic mass is 16.5. The molecule has 2 N–H and O–H groups in total. The zero-order valence-electron chi connectivity index (χ0n) is 17.8. The lowest BCUT2D eigenvalue weighted by Crippen LogP contribution is -2.42. The van der Waals surface area contributed by atoms with Crippen LogP contribution in [0.2, 0.25) is 0 Å². The molecule has 32 heavy (non-hydrogen) atoms. The summed E-state index contributed by atoms with van der Waals surface area (Å²) in [6.45, 7) is 2.59. The van der Waals surface area contributed by atoms with E-state index >= 15 is 0 Å². The monoisotopic (exact) mass is 431 g/mol. The maximum absolute atomic E-state index is 12.5. The van der Waals surface area contributed by atoms with Gasteiger partial charge in [-0.3, -0.25) is 0 Å². The van der Waals surface area contributed by atoms with E-state index in [9.17, 15) is 14.7 Å². The Morgan fingerprint density at radius 1 is 0.938 bits per heavy atom. The third-order valence-electron chi connectivity index (χ3n) is 5.61. The Labute approximate surface area is 186 Å². The number of aliphatic carboxylic acids is 1. The number of hydrogen-bond donors (Lipinski definition) is 2. The van der Waals surface area contributed by atoms with Crippen molar-refractivity contribution in [2.45, 2.75) is 25.3 Å². The molecule has 0 aromatic heterocycles. The molecule has 0 bridgehead atoms. The van der Waals surface area contributed by atoms with E-state index in [4.69, 9.17) is 9.47 Å². The van der Waals surface area contributed by atoms with Crippen LogP contribution in [0.1, 0.15) is 29.5 Å². The smallest absolute Gasteiger partial charge is 0.407 e. The van der Waals surface area contributed by atoms with Gasteiger partial charge in [-0.1, -0.05) is 60.7 Å². The van der Waals surface area contributed by atoms with E-state index in [1.165, 1.54) is 0 Å². The van der Waals surface area contributed by atoms with Crippen molar-refractivity contribution >= 4 is 12.1 Å². The molecule has 0 radical (unpaired) electrons. The van der Waals surface area contributed by atoms with E-state index in [0.29, 0.717) is 12.4 Å². The summed E-state index contributed by atoms with van der Waals surface area (Å²) in [4.78, 5) is 24.2. The van der Waals surface area contributed by atoms with E-state index in [1.54, 1.807) is 24.3 Å². The lowest BCUT2D eigenvalue weighted by molar-refractivity contribution is -0.139. The fourth-order valence-electron chi connectivity index (χ4n) is 4.11. The molecule has 0 saturated heterocycles. The number of carboxylic acid groups (broad SMARTS) is 1. The second-order valence-corrected chi connectivity index (χ2v) is 7.64. The average Bonchev–Trinajstić information content (AvgIpc) is 3.12. The number of alkyl carbamates (subject to hydrolysis) is 1. The average molecular weight is 431 g/mol. The number of rotatable bonds is 8. The first-order chi connectivity index (χ1) is 15.6. The molecular formula is C26H25NO5. The number of ether oxygens (including phenoxy) is 2. The van der Waals surface area contributed by atoms with Crippen LogP contribution >= 0.6 is 0 Å². The van der Waals surface area contributed by atoms with E-state index in [-0.39, 0.29) is 18.9 Å². The maximum Gasteiger partial charge on any atom is 0.407 e. The molecule has 164 valence electrons. The van der Waals surface area contributed by atoms with Crippen LogP contribution in [0, 0.1) is 0 Å². The number of carbonyl (C=O) groups is 2. The Bertz CT molecular complexity index is 1060. The molecular weight excluding hydrogens is 406 g/mol. The normalized spacial score (nSPS) is 13.0. The third-order valence-corrected chi connectivity index (χ3v) is 5.61. The molecule has 3 aromatic carbocycles. The van der Waals surface area contributed by atoms with E-state index in [1.807, 2.05) is 43.3 Å². The van der Waals surface area contributed by atoms with Crippen molar-refractivity contribution in [1.29, 1.82) is 0 Å². The minimum Gasteiger partial charge on any atom is -0.494 e. The molecule has 0 fully saturated rings. The number of amides is 1. The molecule has 6 heteroatoms. The Morgan fingerprint density at radius 2 is 1.53 bits per heavy atom. The summed E-state index contributed by atoms with van der Waals surface area (Å²) in [5, 5.41) is 12.1. The second kappa shape index (κ2) is 9.56. The van der Waals surface area contributed by atoms with Crippen LogP contribution in [0.25, 0.3) is 11.1 Å². The lowest BCUT2D eigenvalue weighted by Gasteiger charge is -2.17. The van der Waals surface area contributed by atoms with Gasteiger partial charge in [-0.15, -0.1) is 0 Å².